The van der Waals surface area contributed by atoms with E-state index < -0.39 is 0 Å². The maximum Gasteiger partial charge on any atom is 0.310 e. The molecule has 0 spiro atoms. The van der Waals surface area contributed by atoms with Crippen molar-refractivity contribution in [2.75, 3.05) is 7.11 Å². The molecule has 1 aromatic heterocycles. The zero-order chi connectivity index (χ0) is 12.8. The van der Waals surface area contributed by atoms with Crippen LogP contribution in [-0.4, -0.2) is 18.1 Å². The summed E-state index contributed by atoms with van der Waals surface area (Å²) in [6, 6.07) is 9.51. The van der Waals surface area contributed by atoms with Gasteiger partial charge in [-0.3, -0.25) is 4.79 Å². The van der Waals surface area contributed by atoms with Crippen LogP contribution < -0.4 is 4.74 Å². The molecule has 5 heteroatoms. The lowest BCUT2D eigenvalue weighted by molar-refractivity contribution is -0.139. The van der Waals surface area contributed by atoms with Crippen molar-refractivity contribution in [2.45, 2.75) is 13.0 Å². The smallest absolute Gasteiger partial charge is 0.310 e. The molecule has 0 aliphatic rings. The van der Waals surface area contributed by atoms with E-state index in [1.54, 1.807) is 5.51 Å². The van der Waals surface area contributed by atoms with Crippen molar-refractivity contribution in [3.63, 3.8) is 0 Å². The summed E-state index contributed by atoms with van der Waals surface area (Å²) in [5.74, 6) is 0.523. The first-order valence-electron chi connectivity index (χ1n) is 5.45. The van der Waals surface area contributed by atoms with E-state index >= 15 is 0 Å². The Hall–Kier alpha value is -1.88. The van der Waals surface area contributed by atoms with E-state index in [1.165, 1.54) is 18.4 Å². The van der Waals surface area contributed by atoms with Gasteiger partial charge in [0, 0.05) is 4.88 Å². The number of aromatic nitrogens is 1. The second kappa shape index (κ2) is 6.16. The van der Waals surface area contributed by atoms with Crippen molar-refractivity contribution in [1.29, 1.82) is 0 Å². The Morgan fingerprint density at radius 1 is 1.33 bits per heavy atom. The van der Waals surface area contributed by atoms with E-state index in [-0.39, 0.29) is 12.4 Å². The van der Waals surface area contributed by atoms with Crippen LogP contribution in [0.1, 0.15) is 10.6 Å². The second-order valence-corrected chi connectivity index (χ2v) is 4.52. The number of hydrogen-bond acceptors (Lipinski definition) is 5. The van der Waals surface area contributed by atoms with Crippen molar-refractivity contribution in [1.82, 2.24) is 4.98 Å². The number of rotatable bonds is 5. The number of hydrogen-bond donors (Lipinski definition) is 0. The van der Waals surface area contributed by atoms with Gasteiger partial charge in [0.1, 0.15) is 12.4 Å². The van der Waals surface area contributed by atoms with Crippen LogP contribution in [0.4, 0.5) is 0 Å². The quantitative estimate of drug-likeness (QED) is 0.777. The topological polar surface area (TPSA) is 48.4 Å². The standard InChI is InChI=1S/C13H13NO3S/c1-16-13(15)7-12-11(14-9-18-12)8-17-10-5-3-2-4-6-10/h2-6,9H,7-8H2,1H3. The third-order valence-corrected chi connectivity index (χ3v) is 3.25. The van der Waals surface area contributed by atoms with Crippen LogP contribution in [0.15, 0.2) is 35.8 Å². The first kappa shape index (κ1) is 12.6. The fourth-order valence-electron chi connectivity index (χ4n) is 1.43. The predicted octanol–water partition coefficient (Wildman–Crippen LogP) is 2.44. The first-order chi connectivity index (χ1) is 8.79. The van der Waals surface area contributed by atoms with Crippen molar-refractivity contribution >= 4 is 17.3 Å². The van der Waals surface area contributed by atoms with Gasteiger partial charge in [0.05, 0.1) is 24.7 Å². The van der Waals surface area contributed by atoms with Gasteiger partial charge in [-0.15, -0.1) is 11.3 Å². The molecule has 0 radical (unpaired) electrons. The van der Waals surface area contributed by atoms with Crippen LogP contribution in [0.5, 0.6) is 5.75 Å². The number of esters is 1. The summed E-state index contributed by atoms with van der Waals surface area (Å²) in [4.78, 5) is 16.3. The Morgan fingerprint density at radius 2 is 2.11 bits per heavy atom. The summed E-state index contributed by atoms with van der Waals surface area (Å²) in [6.07, 6.45) is 0.245. The number of methoxy groups -OCH3 is 1. The molecular weight excluding hydrogens is 250 g/mol. The van der Waals surface area contributed by atoms with E-state index in [4.69, 9.17) is 4.74 Å². The van der Waals surface area contributed by atoms with Gasteiger partial charge in [-0.05, 0) is 12.1 Å². The summed E-state index contributed by atoms with van der Waals surface area (Å²) in [6.45, 7) is 0.361. The number of thiazole rings is 1. The van der Waals surface area contributed by atoms with E-state index in [2.05, 4.69) is 9.72 Å². The molecule has 0 aliphatic heterocycles. The number of carbonyl (C=O) groups excluding carboxylic acids is 1. The second-order valence-electron chi connectivity index (χ2n) is 3.58. The average Bonchev–Trinajstić information content (AvgIpc) is 2.84. The number of para-hydroxylation sites is 1. The molecule has 2 rings (SSSR count). The van der Waals surface area contributed by atoms with Gasteiger partial charge >= 0.3 is 5.97 Å². The molecule has 18 heavy (non-hydrogen) atoms. The van der Waals surface area contributed by atoms with Crippen LogP contribution in [0.3, 0.4) is 0 Å². The molecule has 0 aliphatic carbocycles. The summed E-state index contributed by atoms with van der Waals surface area (Å²) in [5, 5.41) is 0. The Labute approximate surface area is 109 Å². The third kappa shape index (κ3) is 3.30. The molecule has 2 aromatic rings. The van der Waals surface area contributed by atoms with Crippen molar-refractivity contribution in [3.8, 4) is 5.75 Å². The molecule has 0 saturated heterocycles. The molecule has 0 N–H and O–H groups in total. The number of ether oxygens (including phenoxy) is 2. The zero-order valence-corrected chi connectivity index (χ0v) is 10.8. The lowest BCUT2D eigenvalue weighted by atomic mass is 10.3. The van der Waals surface area contributed by atoms with Gasteiger partial charge in [0.15, 0.2) is 0 Å². The van der Waals surface area contributed by atoms with E-state index in [0.717, 1.165) is 16.3 Å². The Balaban J connectivity index is 1.98. The normalized spacial score (nSPS) is 10.1. The van der Waals surface area contributed by atoms with Crippen LogP contribution >= 0.6 is 11.3 Å². The monoisotopic (exact) mass is 263 g/mol. The minimum Gasteiger partial charge on any atom is -0.487 e. The van der Waals surface area contributed by atoms with Crippen LogP contribution in [0.2, 0.25) is 0 Å². The minimum atomic E-state index is -0.264. The molecule has 0 fully saturated rings. The highest BCUT2D eigenvalue weighted by Gasteiger charge is 2.11. The van der Waals surface area contributed by atoms with Crippen LogP contribution in [0.25, 0.3) is 0 Å². The molecule has 0 amide bonds. The zero-order valence-electron chi connectivity index (χ0n) is 9.96. The van der Waals surface area contributed by atoms with Gasteiger partial charge in [-0.25, -0.2) is 4.98 Å². The van der Waals surface area contributed by atoms with E-state index in [0.29, 0.717) is 6.61 Å². The molecule has 0 unspecified atom stereocenters. The molecule has 4 nitrogen and oxygen atoms in total. The van der Waals surface area contributed by atoms with Crippen molar-refractivity contribution in [3.05, 3.63) is 46.4 Å². The van der Waals surface area contributed by atoms with Gasteiger partial charge in [-0.2, -0.15) is 0 Å². The Kier molecular flexibility index (Phi) is 4.30. The van der Waals surface area contributed by atoms with Gasteiger partial charge in [-0.1, -0.05) is 18.2 Å². The largest absolute Gasteiger partial charge is 0.487 e. The fourth-order valence-corrected chi connectivity index (χ4v) is 2.18. The van der Waals surface area contributed by atoms with E-state index in [9.17, 15) is 4.79 Å². The Morgan fingerprint density at radius 3 is 2.83 bits per heavy atom. The molecule has 0 atom stereocenters. The number of carbonyl (C=O) groups is 1. The minimum absolute atomic E-state index is 0.245. The lowest BCUT2D eigenvalue weighted by Crippen LogP contribution is -2.06. The molecular formula is C13H13NO3S. The maximum atomic E-state index is 11.2. The maximum absolute atomic E-state index is 11.2. The highest BCUT2D eigenvalue weighted by atomic mass is 32.1. The highest BCUT2D eigenvalue weighted by molar-refractivity contribution is 7.09. The van der Waals surface area contributed by atoms with Gasteiger partial charge < -0.3 is 9.47 Å². The summed E-state index contributed by atoms with van der Waals surface area (Å²) < 4.78 is 10.2. The molecule has 0 saturated carbocycles. The third-order valence-electron chi connectivity index (χ3n) is 2.38. The molecule has 94 valence electrons. The number of nitrogens with zero attached hydrogens (tertiary/aromatic N) is 1. The van der Waals surface area contributed by atoms with Gasteiger partial charge in [0.25, 0.3) is 0 Å². The van der Waals surface area contributed by atoms with Crippen molar-refractivity contribution < 1.29 is 14.3 Å². The summed E-state index contributed by atoms with van der Waals surface area (Å²) in [7, 11) is 1.38. The SMILES string of the molecule is COC(=O)Cc1scnc1COc1ccccc1. The highest BCUT2D eigenvalue weighted by Crippen LogP contribution is 2.17. The van der Waals surface area contributed by atoms with Crippen LogP contribution in [0, 0.1) is 0 Å². The molecule has 1 aromatic carbocycles. The first-order valence-corrected chi connectivity index (χ1v) is 6.33. The fraction of sp³-hybridized carbons (Fsp3) is 0.231. The lowest BCUT2D eigenvalue weighted by Gasteiger charge is -2.05. The average molecular weight is 263 g/mol. The summed E-state index contributed by atoms with van der Waals surface area (Å²) in [5.41, 5.74) is 2.50. The van der Waals surface area contributed by atoms with E-state index in [1.807, 2.05) is 30.3 Å². The predicted molar refractivity (Wildman–Crippen MR) is 68.6 cm³/mol. The Bertz CT molecular complexity index is 510. The van der Waals surface area contributed by atoms with Crippen LogP contribution in [-0.2, 0) is 22.6 Å². The molecule has 0 bridgehead atoms. The summed E-state index contributed by atoms with van der Waals surface area (Å²) >= 11 is 1.44. The van der Waals surface area contributed by atoms with Crippen molar-refractivity contribution in [2.24, 2.45) is 0 Å². The molecule has 1 heterocycles. The van der Waals surface area contributed by atoms with Gasteiger partial charge in [0.2, 0.25) is 0 Å². The number of benzene rings is 1.